The second-order valence-electron chi connectivity index (χ2n) is 7.20. The zero-order chi connectivity index (χ0) is 21.5. The molecule has 6 nitrogen and oxygen atoms in total. The molecule has 3 aromatic rings. The fourth-order valence-corrected chi connectivity index (χ4v) is 3.47. The Labute approximate surface area is 182 Å². The van der Waals surface area contributed by atoms with E-state index in [1.807, 2.05) is 54.6 Å². The number of methoxy groups -OCH3 is 2. The largest absolute Gasteiger partial charge is 0.493 e. The molecule has 0 saturated heterocycles. The van der Waals surface area contributed by atoms with Crippen molar-refractivity contribution in [2.75, 3.05) is 27.6 Å². The lowest BCUT2D eigenvalue weighted by Gasteiger charge is -2.14. The van der Waals surface area contributed by atoms with Crippen LogP contribution in [0.2, 0.25) is 0 Å². The summed E-state index contributed by atoms with van der Waals surface area (Å²) in [6.45, 7) is 2.21. The smallest absolute Gasteiger partial charge is 0.231 e. The molecule has 0 unspecified atom stereocenters. The van der Waals surface area contributed by atoms with Crippen LogP contribution in [-0.2, 0) is 19.6 Å². The first-order chi connectivity index (χ1) is 15.3. The van der Waals surface area contributed by atoms with Crippen LogP contribution >= 0.6 is 0 Å². The minimum absolute atomic E-state index is 0.240. The first-order valence-electron chi connectivity index (χ1n) is 10.3. The van der Waals surface area contributed by atoms with Gasteiger partial charge in [-0.15, -0.1) is 0 Å². The number of hydrogen-bond acceptors (Lipinski definition) is 6. The molecule has 0 spiro atoms. The first kappa shape index (κ1) is 20.9. The number of rotatable bonds is 10. The Kier molecular flexibility index (Phi) is 6.79. The van der Waals surface area contributed by atoms with Crippen LogP contribution < -0.4 is 29.0 Å². The van der Waals surface area contributed by atoms with Crippen LogP contribution in [0.3, 0.4) is 0 Å². The molecule has 0 atom stereocenters. The summed E-state index contributed by atoms with van der Waals surface area (Å²) in [6, 6.07) is 20.0. The van der Waals surface area contributed by atoms with Gasteiger partial charge in [-0.3, -0.25) is 0 Å². The van der Waals surface area contributed by atoms with Crippen molar-refractivity contribution >= 4 is 0 Å². The van der Waals surface area contributed by atoms with E-state index in [0.717, 1.165) is 52.8 Å². The third-order valence-corrected chi connectivity index (χ3v) is 5.15. The van der Waals surface area contributed by atoms with E-state index < -0.39 is 0 Å². The quantitative estimate of drug-likeness (QED) is 0.492. The molecular formula is C25H27NO5. The maximum atomic E-state index is 6.11. The van der Waals surface area contributed by atoms with Gasteiger partial charge in [0.25, 0.3) is 0 Å². The van der Waals surface area contributed by atoms with Crippen LogP contribution in [0.15, 0.2) is 60.7 Å². The van der Waals surface area contributed by atoms with Crippen LogP contribution in [0.25, 0.3) is 0 Å². The number of benzene rings is 3. The van der Waals surface area contributed by atoms with Crippen molar-refractivity contribution in [2.24, 2.45) is 0 Å². The van der Waals surface area contributed by atoms with E-state index in [1.54, 1.807) is 14.2 Å². The van der Waals surface area contributed by atoms with Crippen LogP contribution in [-0.4, -0.2) is 27.6 Å². The van der Waals surface area contributed by atoms with E-state index in [2.05, 4.69) is 11.4 Å². The number of nitrogens with one attached hydrogen (secondary N) is 1. The molecule has 0 saturated carbocycles. The molecule has 0 radical (unpaired) electrons. The molecule has 1 heterocycles. The van der Waals surface area contributed by atoms with Crippen LogP contribution in [0, 0.1) is 0 Å². The Hall–Kier alpha value is -3.38. The summed E-state index contributed by atoms with van der Waals surface area (Å²) in [5, 5.41) is 3.50. The molecule has 1 aliphatic rings. The molecule has 6 heteroatoms. The Morgan fingerprint density at radius 1 is 0.806 bits per heavy atom. The van der Waals surface area contributed by atoms with E-state index in [4.69, 9.17) is 23.7 Å². The maximum Gasteiger partial charge on any atom is 0.231 e. The average molecular weight is 421 g/mol. The van der Waals surface area contributed by atoms with Crippen LogP contribution in [0.4, 0.5) is 0 Å². The molecule has 0 aliphatic carbocycles. The third kappa shape index (κ3) is 5.22. The van der Waals surface area contributed by atoms with Gasteiger partial charge in [0.15, 0.2) is 23.0 Å². The average Bonchev–Trinajstić information content (AvgIpc) is 3.28. The molecular weight excluding hydrogens is 394 g/mol. The molecule has 1 aliphatic heterocycles. The first-order valence-corrected chi connectivity index (χ1v) is 10.3. The zero-order valence-electron chi connectivity index (χ0n) is 17.9. The second kappa shape index (κ2) is 10.1. The van der Waals surface area contributed by atoms with E-state index in [9.17, 15) is 0 Å². The molecule has 0 amide bonds. The summed E-state index contributed by atoms with van der Waals surface area (Å²) in [4.78, 5) is 0. The topological polar surface area (TPSA) is 58.2 Å². The van der Waals surface area contributed by atoms with Crippen molar-refractivity contribution < 1.29 is 23.7 Å². The summed E-state index contributed by atoms with van der Waals surface area (Å²) < 4.78 is 27.9. The molecule has 4 rings (SSSR count). The summed E-state index contributed by atoms with van der Waals surface area (Å²) >= 11 is 0. The summed E-state index contributed by atoms with van der Waals surface area (Å²) in [5.41, 5.74) is 3.33. The highest BCUT2D eigenvalue weighted by Crippen LogP contribution is 2.38. The van der Waals surface area contributed by atoms with E-state index >= 15 is 0 Å². The highest BCUT2D eigenvalue weighted by Gasteiger charge is 2.18. The number of fused-ring (bicyclic) bond motifs is 1. The van der Waals surface area contributed by atoms with Crippen LogP contribution in [0.1, 0.15) is 16.7 Å². The van der Waals surface area contributed by atoms with E-state index in [-0.39, 0.29) is 6.79 Å². The normalized spacial score (nSPS) is 11.9. The van der Waals surface area contributed by atoms with Crippen molar-refractivity contribution in [2.45, 2.75) is 19.6 Å². The predicted octanol–water partition coefficient (Wildman–Crippen LogP) is 4.34. The number of ether oxygens (including phenoxy) is 5. The van der Waals surface area contributed by atoms with Gasteiger partial charge >= 0.3 is 0 Å². The van der Waals surface area contributed by atoms with Gasteiger partial charge in [0.1, 0.15) is 12.4 Å². The van der Waals surface area contributed by atoms with Crippen molar-refractivity contribution in [1.82, 2.24) is 5.32 Å². The highest BCUT2D eigenvalue weighted by molar-refractivity contribution is 5.52. The van der Waals surface area contributed by atoms with Gasteiger partial charge < -0.3 is 29.0 Å². The summed E-state index contributed by atoms with van der Waals surface area (Å²) in [7, 11) is 3.29. The molecule has 0 fully saturated rings. The third-order valence-electron chi connectivity index (χ3n) is 5.15. The monoisotopic (exact) mass is 421 g/mol. The number of hydrogen-bond donors (Lipinski definition) is 1. The maximum absolute atomic E-state index is 6.11. The fourth-order valence-electron chi connectivity index (χ4n) is 3.47. The molecule has 0 aromatic heterocycles. The standard InChI is InChI=1S/C25H27NO5/c1-27-21-9-8-18(12-23(21)28-2)10-11-26-15-20-13-24-25(31-17-30-24)14-22(20)29-16-19-6-4-3-5-7-19/h3-9,12-14,26H,10-11,15-17H2,1-2H3. The van der Waals surface area contributed by atoms with Crippen molar-refractivity contribution in [1.29, 1.82) is 0 Å². The minimum atomic E-state index is 0.240. The van der Waals surface area contributed by atoms with E-state index in [1.165, 1.54) is 5.56 Å². The molecule has 162 valence electrons. The van der Waals surface area contributed by atoms with Gasteiger partial charge in [-0.25, -0.2) is 0 Å². The van der Waals surface area contributed by atoms with Crippen molar-refractivity contribution in [3.05, 3.63) is 77.4 Å². The highest BCUT2D eigenvalue weighted by atomic mass is 16.7. The zero-order valence-corrected chi connectivity index (χ0v) is 17.9. The fraction of sp³-hybridized carbons (Fsp3) is 0.280. The SMILES string of the molecule is COc1ccc(CCNCc2cc3c(cc2OCc2ccccc2)OCO3)cc1OC. The predicted molar refractivity (Wildman–Crippen MR) is 118 cm³/mol. The molecule has 1 N–H and O–H groups in total. The lowest BCUT2D eigenvalue weighted by molar-refractivity contribution is 0.173. The van der Waals surface area contributed by atoms with Crippen molar-refractivity contribution in [3.8, 4) is 28.7 Å². The lowest BCUT2D eigenvalue weighted by Crippen LogP contribution is -2.17. The molecule has 0 bridgehead atoms. The summed E-state index contributed by atoms with van der Waals surface area (Å²) in [6.07, 6.45) is 0.866. The summed E-state index contributed by atoms with van der Waals surface area (Å²) in [5.74, 6) is 3.75. The van der Waals surface area contributed by atoms with Gasteiger partial charge in [-0.05, 0) is 42.3 Å². The minimum Gasteiger partial charge on any atom is -0.493 e. The Morgan fingerprint density at radius 2 is 1.58 bits per heavy atom. The van der Waals surface area contributed by atoms with Gasteiger partial charge in [0.05, 0.1) is 14.2 Å². The second-order valence-corrected chi connectivity index (χ2v) is 7.20. The Morgan fingerprint density at radius 3 is 2.35 bits per heavy atom. The Balaban J connectivity index is 1.38. The van der Waals surface area contributed by atoms with Gasteiger partial charge in [-0.1, -0.05) is 36.4 Å². The van der Waals surface area contributed by atoms with Crippen LogP contribution in [0.5, 0.6) is 28.7 Å². The van der Waals surface area contributed by atoms with Crippen molar-refractivity contribution in [3.63, 3.8) is 0 Å². The van der Waals surface area contributed by atoms with Gasteiger partial charge in [-0.2, -0.15) is 0 Å². The lowest BCUT2D eigenvalue weighted by atomic mass is 10.1. The van der Waals surface area contributed by atoms with Gasteiger partial charge in [0, 0.05) is 18.2 Å². The van der Waals surface area contributed by atoms with Gasteiger partial charge in [0.2, 0.25) is 6.79 Å². The Bertz CT molecular complexity index is 1010. The molecule has 3 aromatic carbocycles. The van der Waals surface area contributed by atoms with E-state index in [0.29, 0.717) is 13.2 Å². The molecule has 31 heavy (non-hydrogen) atoms.